The Morgan fingerprint density at radius 3 is 2.54 bits per heavy atom. The van der Waals surface area contributed by atoms with Crippen molar-refractivity contribution in [1.82, 2.24) is 5.32 Å². The highest BCUT2D eigenvalue weighted by Crippen LogP contribution is 2.65. The normalized spacial score (nSPS) is 33.0. The van der Waals surface area contributed by atoms with Crippen molar-refractivity contribution in [2.24, 2.45) is 17.3 Å². The van der Waals surface area contributed by atoms with E-state index in [1.807, 2.05) is 0 Å². The fraction of sp³-hybridized carbons (Fsp3) is 0.542. The van der Waals surface area contributed by atoms with Crippen LogP contribution in [0.1, 0.15) is 49.0 Å². The van der Waals surface area contributed by atoms with Crippen molar-refractivity contribution >= 4 is 17.2 Å². The highest BCUT2D eigenvalue weighted by molar-refractivity contribution is 7.09. The van der Waals surface area contributed by atoms with Crippen LogP contribution >= 0.6 is 11.3 Å². The first-order valence-electron chi connectivity index (χ1n) is 10.6. The molecule has 1 amide bonds. The van der Waals surface area contributed by atoms with Gasteiger partial charge in [-0.05, 0) is 91.3 Å². The molecule has 148 valence electrons. The lowest BCUT2D eigenvalue weighted by Crippen LogP contribution is -2.59. The summed E-state index contributed by atoms with van der Waals surface area (Å²) in [4.78, 5) is 14.7. The first-order chi connectivity index (χ1) is 13.6. The maximum Gasteiger partial charge on any atom is 0.226 e. The third kappa shape index (κ3) is 3.06. The Bertz CT molecular complexity index is 828. The molecule has 0 aliphatic heterocycles. The fourth-order valence-electron chi connectivity index (χ4n) is 6.75. The molecule has 6 rings (SSSR count). The van der Waals surface area contributed by atoms with Crippen LogP contribution in [0.4, 0.5) is 0 Å². The molecule has 4 fully saturated rings. The van der Waals surface area contributed by atoms with E-state index in [4.69, 9.17) is 4.74 Å². The zero-order valence-electron chi connectivity index (χ0n) is 16.6. The van der Waals surface area contributed by atoms with Crippen LogP contribution in [0.5, 0.6) is 5.75 Å². The number of ether oxygens (including phenoxy) is 1. The number of carbonyl (C=O) groups is 1. The van der Waals surface area contributed by atoms with Crippen molar-refractivity contribution in [1.29, 1.82) is 0 Å². The van der Waals surface area contributed by atoms with Crippen molar-refractivity contribution in [2.45, 2.75) is 50.4 Å². The molecule has 4 saturated carbocycles. The summed E-state index contributed by atoms with van der Waals surface area (Å²) in [5.41, 5.74) is 1.44. The molecule has 4 bridgehead atoms. The summed E-state index contributed by atoms with van der Waals surface area (Å²) in [5, 5.41) is 5.42. The quantitative estimate of drug-likeness (QED) is 0.751. The van der Waals surface area contributed by atoms with Gasteiger partial charge in [-0.15, -0.1) is 11.3 Å². The van der Waals surface area contributed by atoms with Crippen LogP contribution in [-0.4, -0.2) is 19.6 Å². The van der Waals surface area contributed by atoms with Crippen LogP contribution in [0, 0.1) is 17.3 Å². The second-order valence-corrected chi connectivity index (χ2v) is 10.4. The zero-order valence-corrected chi connectivity index (χ0v) is 17.4. The van der Waals surface area contributed by atoms with Crippen LogP contribution in [0.25, 0.3) is 0 Å². The molecule has 2 aromatic rings. The van der Waals surface area contributed by atoms with Crippen LogP contribution in [0.2, 0.25) is 0 Å². The Morgan fingerprint density at radius 1 is 1.14 bits per heavy atom. The van der Waals surface area contributed by atoms with Gasteiger partial charge in [0.2, 0.25) is 5.91 Å². The Hall–Kier alpha value is -1.81. The fourth-order valence-corrected chi connectivity index (χ4v) is 7.46. The van der Waals surface area contributed by atoms with Crippen molar-refractivity contribution < 1.29 is 9.53 Å². The van der Waals surface area contributed by atoms with Crippen LogP contribution in [0.3, 0.4) is 0 Å². The lowest BCUT2D eigenvalue weighted by Gasteiger charge is -2.61. The van der Waals surface area contributed by atoms with E-state index in [2.05, 4.69) is 47.1 Å². The number of carbonyl (C=O) groups excluding carboxylic acids is 1. The van der Waals surface area contributed by atoms with Crippen molar-refractivity contribution in [2.75, 3.05) is 13.7 Å². The summed E-state index contributed by atoms with van der Waals surface area (Å²) in [6.07, 6.45) is 7.96. The molecule has 1 heterocycles. The Kier molecular flexibility index (Phi) is 4.50. The monoisotopic (exact) mass is 395 g/mol. The van der Waals surface area contributed by atoms with Crippen LogP contribution in [0.15, 0.2) is 41.8 Å². The van der Waals surface area contributed by atoms with Gasteiger partial charge in [0.25, 0.3) is 0 Å². The predicted molar refractivity (Wildman–Crippen MR) is 113 cm³/mol. The van der Waals surface area contributed by atoms with Gasteiger partial charge < -0.3 is 10.1 Å². The van der Waals surface area contributed by atoms with Gasteiger partial charge in [0.05, 0.1) is 12.5 Å². The van der Waals surface area contributed by atoms with Gasteiger partial charge in [0, 0.05) is 11.4 Å². The summed E-state index contributed by atoms with van der Waals surface area (Å²) < 4.78 is 5.36. The second-order valence-electron chi connectivity index (χ2n) is 9.34. The molecule has 4 heteroatoms. The molecule has 28 heavy (non-hydrogen) atoms. The average Bonchev–Trinajstić information content (AvgIpc) is 3.20. The molecule has 1 aromatic heterocycles. The number of benzene rings is 1. The Labute approximate surface area is 171 Å². The maximum atomic E-state index is 13.4. The van der Waals surface area contributed by atoms with Crippen LogP contribution < -0.4 is 10.1 Å². The SMILES string of the molecule is COc1ccc(C23C[C@H]4C[C@@H](CC(C(=O)NCCc5cccs5)(C4)C2)C3)cc1. The molecule has 2 atom stereocenters. The first-order valence-corrected chi connectivity index (χ1v) is 11.4. The van der Waals surface area contributed by atoms with E-state index in [0.717, 1.165) is 38.0 Å². The molecular weight excluding hydrogens is 366 g/mol. The van der Waals surface area contributed by atoms with E-state index in [1.165, 1.54) is 29.7 Å². The second kappa shape index (κ2) is 6.91. The van der Waals surface area contributed by atoms with Gasteiger partial charge in [-0.3, -0.25) is 4.79 Å². The largest absolute Gasteiger partial charge is 0.497 e. The Balaban J connectivity index is 1.35. The topological polar surface area (TPSA) is 38.3 Å². The summed E-state index contributed by atoms with van der Waals surface area (Å²) in [6.45, 7) is 0.756. The molecule has 0 saturated heterocycles. The third-order valence-corrected chi connectivity index (χ3v) is 8.42. The van der Waals surface area contributed by atoms with Gasteiger partial charge in [0.15, 0.2) is 0 Å². The van der Waals surface area contributed by atoms with Crippen molar-refractivity contribution in [3.05, 3.63) is 52.2 Å². The molecule has 0 radical (unpaired) electrons. The van der Waals surface area contributed by atoms with Gasteiger partial charge in [-0.25, -0.2) is 0 Å². The van der Waals surface area contributed by atoms with Gasteiger partial charge in [-0.1, -0.05) is 18.2 Å². The van der Waals surface area contributed by atoms with Crippen molar-refractivity contribution in [3.63, 3.8) is 0 Å². The summed E-state index contributed by atoms with van der Waals surface area (Å²) in [5.74, 6) is 2.63. The Morgan fingerprint density at radius 2 is 1.89 bits per heavy atom. The number of rotatable bonds is 6. The van der Waals surface area contributed by atoms with Gasteiger partial charge >= 0.3 is 0 Å². The van der Waals surface area contributed by atoms with E-state index in [1.54, 1.807) is 18.4 Å². The van der Waals surface area contributed by atoms with E-state index < -0.39 is 0 Å². The molecule has 3 nitrogen and oxygen atoms in total. The summed E-state index contributed by atoms with van der Waals surface area (Å²) >= 11 is 1.77. The first kappa shape index (κ1) is 18.2. The van der Waals surface area contributed by atoms with E-state index in [9.17, 15) is 4.79 Å². The molecule has 1 N–H and O–H groups in total. The number of hydrogen-bond acceptors (Lipinski definition) is 3. The molecule has 4 aliphatic carbocycles. The van der Waals surface area contributed by atoms with E-state index in [-0.39, 0.29) is 10.8 Å². The standard InChI is InChI=1S/C24H29NO2S/c1-27-20-6-4-19(5-7-20)23-12-17-11-18(13-23)15-24(14-17,16-23)22(26)25-9-8-21-3-2-10-28-21/h2-7,10,17-18H,8-9,11-16H2,1H3,(H,25,26)/t17-,18-,23?,24?/m1/s1. The zero-order chi connectivity index (χ0) is 19.2. The lowest BCUT2D eigenvalue weighted by atomic mass is 9.42. The van der Waals surface area contributed by atoms with E-state index >= 15 is 0 Å². The smallest absolute Gasteiger partial charge is 0.226 e. The molecule has 0 spiro atoms. The average molecular weight is 396 g/mol. The molecule has 0 unspecified atom stereocenters. The number of amides is 1. The summed E-state index contributed by atoms with van der Waals surface area (Å²) in [7, 11) is 1.72. The number of thiophene rings is 1. The van der Waals surface area contributed by atoms with Gasteiger partial charge in [0.1, 0.15) is 5.75 Å². The lowest BCUT2D eigenvalue weighted by molar-refractivity contribution is -0.149. The predicted octanol–water partition coefficient (Wildman–Crippen LogP) is 4.95. The van der Waals surface area contributed by atoms with E-state index in [0.29, 0.717) is 17.7 Å². The minimum absolute atomic E-state index is 0.153. The molecular formula is C24H29NO2S. The number of methoxy groups -OCH3 is 1. The third-order valence-electron chi connectivity index (χ3n) is 7.48. The number of nitrogens with one attached hydrogen (secondary N) is 1. The number of hydrogen-bond donors (Lipinski definition) is 1. The van der Waals surface area contributed by atoms with Gasteiger partial charge in [-0.2, -0.15) is 0 Å². The highest BCUT2D eigenvalue weighted by Gasteiger charge is 2.60. The minimum atomic E-state index is -0.153. The molecule has 4 aliphatic rings. The van der Waals surface area contributed by atoms with Crippen LogP contribution in [-0.2, 0) is 16.6 Å². The van der Waals surface area contributed by atoms with Crippen molar-refractivity contribution in [3.8, 4) is 5.75 Å². The minimum Gasteiger partial charge on any atom is -0.497 e. The molecule has 1 aromatic carbocycles. The highest BCUT2D eigenvalue weighted by atomic mass is 32.1. The maximum absolute atomic E-state index is 13.4. The summed E-state index contributed by atoms with van der Waals surface area (Å²) in [6, 6.07) is 12.9.